The standard InChI is InChI=1S/C29H24Br2N2O/c30-25-15-24(29(34)26(31)16-25)17-32-27(20-9-3-1-4-10-20)28(21-11-5-2-6-12-21)33-18-22-13-7-8-14-23(22)19-33/h1-17,27-28,34H,18-19H2/b32-17+. The third-order valence-corrected chi connectivity index (χ3v) is 7.33. The van der Waals surface area contributed by atoms with Gasteiger partial charge in [-0.2, -0.15) is 0 Å². The van der Waals surface area contributed by atoms with Gasteiger partial charge in [0, 0.05) is 29.3 Å². The lowest BCUT2D eigenvalue weighted by molar-refractivity contribution is 0.174. The molecule has 0 amide bonds. The molecule has 1 heterocycles. The van der Waals surface area contributed by atoms with Gasteiger partial charge in [0.25, 0.3) is 0 Å². The Kier molecular flexibility index (Phi) is 6.95. The number of aliphatic imine (C=N–C) groups is 1. The molecule has 0 saturated carbocycles. The van der Waals surface area contributed by atoms with Gasteiger partial charge in [0.15, 0.2) is 0 Å². The summed E-state index contributed by atoms with van der Waals surface area (Å²) in [6.45, 7) is 1.75. The Morgan fingerprint density at radius 1 is 0.765 bits per heavy atom. The summed E-state index contributed by atoms with van der Waals surface area (Å²) in [5, 5.41) is 10.6. The van der Waals surface area contributed by atoms with E-state index >= 15 is 0 Å². The monoisotopic (exact) mass is 574 g/mol. The molecular formula is C29H24Br2N2O. The van der Waals surface area contributed by atoms with Crippen LogP contribution in [0.4, 0.5) is 0 Å². The lowest BCUT2D eigenvalue weighted by Gasteiger charge is -2.33. The molecule has 2 atom stereocenters. The Labute approximate surface area is 217 Å². The number of halogens is 2. The Bertz CT molecular complexity index is 1280. The van der Waals surface area contributed by atoms with Gasteiger partial charge in [-0.25, -0.2) is 0 Å². The summed E-state index contributed by atoms with van der Waals surface area (Å²) >= 11 is 6.96. The van der Waals surface area contributed by atoms with Crippen LogP contribution >= 0.6 is 31.9 Å². The van der Waals surface area contributed by atoms with E-state index in [2.05, 4.69) is 116 Å². The maximum atomic E-state index is 10.6. The van der Waals surface area contributed by atoms with E-state index in [0.717, 1.165) is 23.1 Å². The normalized spacial score (nSPS) is 15.4. The van der Waals surface area contributed by atoms with Crippen LogP contribution < -0.4 is 0 Å². The molecule has 0 bridgehead atoms. The molecule has 0 saturated heterocycles. The number of hydrogen-bond acceptors (Lipinski definition) is 3. The van der Waals surface area contributed by atoms with Crippen molar-refractivity contribution in [3.05, 3.63) is 134 Å². The van der Waals surface area contributed by atoms with Gasteiger partial charge < -0.3 is 5.11 Å². The van der Waals surface area contributed by atoms with Crippen molar-refractivity contribution < 1.29 is 5.11 Å². The van der Waals surface area contributed by atoms with E-state index in [9.17, 15) is 5.11 Å². The molecule has 0 aromatic heterocycles. The molecule has 1 N–H and O–H groups in total. The summed E-state index contributed by atoms with van der Waals surface area (Å²) in [5.41, 5.74) is 5.76. The van der Waals surface area contributed by atoms with Gasteiger partial charge >= 0.3 is 0 Å². The van der Waals surface area contributed by atoms with Crippen molar-refractivity contribution in [2.24, 2.45) is 4.99 Å². The quantitative estimate of drug-likeness (QED) is 0.238. The fourth-order valence-electron chi connectivity index (χ4n) is 4.64. The molecule has 1 aliphatic heterocycles. The first-order valence-electron chi connectivity index (χ1n) is 11.2. The summed E-state index contributed by atoms with van der Waals surface area (Å²) in [7, 11) is 0. The molecule has 1 aliphatic rings. The van der Waals surface area contributed by atoms with Crippen molar-refractivity contribution in [2.45, 2.75) is 25.2 Å². The summed E-state index contributed by atoms with van der Waals surface area (Å²) in [4.78, 5) is 7.63. The van der Waals surface area contributed by atoms with E-state index in [-0.39, 0.29) is 17.8 Å². The SMILES string of the molecule is Oc1c(Br)cc(Br)cc1/C=N/C(c1ccccc1)C(c1ccccc1)N1Cc2ccccc2C1. The average Bonchev–Trinajstić information content (AvgIpc) is 3.29. The number of benzene rings is 4. The highest BCUT2D eigenvalue weighted by atomic mass is 79.9. The first-order chi connectivity index (χ1) is 16.6. The number of rotatable bonds is 6. The molecule has 5 rings (SSSR count). The van der Waals surface area contributed by atoms with E-state index in [4.69, 9.17) is 4.99 Å². The van der Waals surface area contributed by atoms with Gasteiger partial charge in [0.2, 0.25) is 0 Å². The zero-order chi connectivity index (χ0) is 23.5. The zero-order valence-corrected chi connectivity index (χ0v) is 21.7. The molecular weight excluding hydrogens is 552 g/mol. The second kappa shape index (κ2) is 10.3. The molecule has 0 radical (unpaired) electrons. The fraction of sp³-hybridized carbons (Fsp3) is 0.138. The van der Waals surface area contributed by atoms with Crippen LogP contribution in [0.1, 0.15) is 39.9 Å². The van der Waals surface area contributed by atoms with E-state index in [1.54, 1.807) is 6.21 Å². The summed E-state index contributed by atoms with van der Waals surface area (Å²) in [5.74, 6) is 0.184. The largest absolute Gasteiger partial charge is 0.506 e. The molecule has 0 fully saturated rings. The van der Waals surface area contributed by atoms with Gasteiger partial charge in [-0.1, -0.05) is 101 Å². The molecule has 2 unspecified atom stereocenters. The van der Waals surface area contributed by atoms with E-state index in [1.807, 2.05) is 18.2 Å². The Hall–Kier alpha value is -2.73. The highest BCUT2D eigenvalue weighted by Gasteiger charge is 2.33. The summed E-state index contributed by atoms with van der Waals surface area (Å²) in [6, 6.07) is 33.3. The summed E-state index contributed by atoms with van der Waals surface area (Å²) in [6.07, 6.45) is 1.79. The first kappa shape index (κ1) is 23.0. The number of hydrogen-bond donors (Lipinski definition) is 1. The minimum Gasteiger partial charge on any atom is -0.506 e. The predicted molar refractivity (Wildman–Crippen MR) is 145 cm³/mol. The van der Waals surface area contributed by atoms with Crippen molar-refractivity contribution in [1.82, 2.24) is 4.90 Å². The van der Waals surface area contributed by atoms with E-state index < -0.39 is 0 Å². The lowest BCUT2D eigenvalue weighted by Crippen LogP contribution is -2.28. The highest BCUT2D eigenvalue weighted by Crippen LogP contribution is 2.41. The number of fused-ring (bicyclic) bond motifs is 1. The van der Waals surface area contributed by atoms with E-state index in [1.165, 1.54) is 16.7 Å². The van der Waals surface area contributed by atoms with Gasteiger partial charge in [-0.05, 0) is 50.3 Å². The molecule has 0 aliphatic carbocycles. The Morgan fingerprint density at radius 3 is 1.94 bits per heavy atom. The van der Waals surface area contributed by atoms with Gasteiger partial charge in [-0.3, -0.25) is 9.89 Å². The van der Waals surface area contributed by atoms with Crippen molar-refractivity contribution in [1.29, 1.82) is 0 Å². The maximum absolute atomic E-state index is 10.6. The molecule has 5 heteroatoms. The van der Waals surface area contributed by atoms with Gasteiger partial charge in [-0.15, -0.1) is 0 Å². The van der Waals surface area contributed by atoms with Crippen LogP contribution in [0.25, 0.3) is 0 Å². The van der Waals surface area contributed by atoms with Crippen LogP contribution in [0.5, 0.6) is 5.75 Å². The first-order valence-corrected chi connectivity index (χ1v) is 12.8. The minimum absolute atomic E-state index is 0.0324. The number of aromatic hydroxyl groups is 1. The molecule has 3 nitrogen and oxygen atoms in total. The van der Waals surface area contributed by atoms with Crippen LogP contribution in [0.15, 0.2) is 111 Å². The van der Waals surface area contributed by atoms with Crippen LogP contribution in [0.2, 0.25) is 0 Å². The van der Waals surface area contributed by atoms with Gasteiger partial charge in [0.1, 0.15) is 5.75 Å². The van der Waals surface area contributed by atoms with Crippen LogP contribution in [0.3, 0.4) is 0 Å². The molecule has 34 heavy (non-hydrogen) atoms. The predicted octanol–water partition coefficient (Wildman–Crippen LogP) is 7.83. The average molecular weight is 576 g/mol. The fourth-order valence-corrected chi connectivity index (χ4v) is 5.90. The Morgan fingerprint density at radius 2 is 1.32 bits per heavy atom. The molecule has 0 spiro atoms. The lowest BCUT2D eigenvalue weighted by atomic mass is 9.92. The van der Waals surface area contributed by atoms with Crippen LogP contribution in [0, 0.1) is 0 Å². The molecule has 4 aromatic carbocycles. The highest BCUT2D eigenvalue weighted by molar-refractivity contribution is 9.11. The van der Waals surface area contributed by atoms with Crippen LogP contribution in [-0.4, -0.2) is 16.2 Å². The van der Waals surface area contributed by atoms with Crippen molar-refractivity contribution in [3.8, 4) is 5.75 Å². The topological polar surface area (TPSA) is 35.8 Å². The molecule has 170 valence electrons. The van der Waals surface area contributed by atoms with Gasteiger partial charge in [0.05, 0.1) is 16.6 Å². The number of phenols is 1. The third kappa shape index (κ3) is 4.88. The van der Waals surface area contributed by atoms with Crippen LogP contribution in [-0.2, 0) is 13.1 Å². The summed E-state index contributed by atoms with van der Waals surface area (Å²) < 4.78 is 1.51. The zero-order valence-electron chi connectivity index (χ0n) is 18.5. The smallest absolute Gasteiger partial charge is 0.138 e. The van der Waals surface area contributed by atoms with E-state index in [0.29, 0.717) is 10.0 Å². The Balaban J connectivity index is 1.60. The van der Waals surface area contributed by atoms with Crippen molar-refractivity contribution in [3.63, 3.8) is 0 Å². The third-order valence-electron chi connectivity index (χ3n) is 6.27. The van der Waals surface area contributed by atoms with Crippen molar-refractivity contribution >= 4 is 38.1 Å². The molecule has 4 aromatic rings. The number of phenolic OH excluding ortho intramolecular Hbond substituents is 1. The maximum Gasteiger partial charge on any atom is 0.138 e. The second-order valence-corrected chi connectivity index (χ2v) is 10.3. The van der Waals surface area contributed by atoms with Crippen molar-refractivity contribution in [2.75, 3.05) is 0 Å². The second-order valence-electron chi connectivity index (χ2n) is 8.49. The minimum atomic E-state index is -0.157. The number of nitrogens with zero attached hydrogens (tertiary/aromatic N) is 2.